The van der Waals surface area contributed by atoms with Crippen LogP contribution < -0.4 is 0 Å². The standard InChI is InChI=1S/C34H57N6.3BrH.Ti/c1-29(2,3)22-19-25(32(10,11)12)38(35-22)28(39-26(33(13,14)15)20-23(36-39)30(4,5)6)40-27(34(16,17)18)21-24(37-40)31(7,8)9;;;;/h19-21H,1-18H3;3*1H;/q;;;;+3/p-3. The predicted octanol–water partition coefficient (Wildman–Crippen LogP) is 10.8. The van der Waals surface area contributed by atoms with Crippen LogP contribution in [0.2, 0.25) is 0 Å². The Labute approximate surface area is 290 Å². The summed E-state index contributed by atoms with van der Waals surface area (Å²) in [7, 11) is -3.69. The van der Waals surface area contributed by atoms with E-state index in [2.05, 4.69) is 196 Å². The van der Waals surface area contributed by atoms with E-state index in [1.807, 2.05) is 0 Å². The van der Waals surface area contributed by atoms with Crippen LogP contribution in [0, 0.1) is 0 Å². The molecule has 0 aliphatic heterocycles. The molecule has 0 aromatic carbocycles. The topological polar surface area (TPSA) is 53.5 Å². The SMILES string of the molecule is CC(C)(C)c1cc(C(C)(C)C)n([C](n2nc(C(C)(C)C)cc2C(C)(C)C)(n2nc(C(C)(C)C)cc2C(C)(C)C)[Ti]([Br])([Br])[Br])n1. The molecule has 0 saturated heterocycles. The van der Waals surface area contributed by atoms with Crippen LogP contribution in [0.4, 0.5) is 0 Å². The molecule has 0 N–H and O–H groups in total. The van der Waals surface area contributed by atoms with Gasteiger partial charge in [-0.15, -0.1) is 0 Å². The molecule has 3 aromatic rings. The second kappa shape index (κ2) is 11.4. The average molecular weight is 837 g/mol. The predicted molar refractivity (Wildman–Crippen MR) is 194 cm³/mol. The molecule has 0 fully saturated rings. The Bertz CT molecular complexity index is 1330. The Morgan fingerprint density at radius 3 is 0.750 bits per heavy atom. The summed E-state index contributed by atoms with van der Waals surface area (Å²) in [5, 5.41) is 16.7. The maximum absolute atomic E-state index is 5.58. The van der Waals surface area contributed by atoms with E-state index in [4.69, 9.17) is 15.3 Å². The molecular weight excluding hydrogens is 780 g/mol. The number of nitrogens with zero attached hydrogens (tertiary/aromatic N) is 6. The fraction of sp³-hybridized carbons (Fsp3) is 0.735. The molecule has 3 heterocycles. The van der Waals surface area contributed by atoms with E-state index in [-0.39, 0.29) is 32.5 Å². The Hall–Kier alpha value is -0.216. The summed E-state index contributed by atoms with van der Waals surface area (Å²) < 4.78 is 5.75. The van der Waals surface area contributed by atoms with Crippen molar-refractivity contribution in [1.29, 1.82) is 0 Å². The maximum atomic E-state index is 5.58. The van der Waals surface area contributed by atoms with Gasteiger partial charge in [-0.3, -0.25) is 0 Å². The van der Waals surface area contributed by atoms with Crippen molar-refractivity contribution in [2.24, 2.45) is 0 Å². The van der Waals surface area contributed by atoms with Crippen LogP contribution >= 0.6 is 39.5 Å². The van der Waals surface area contributed by atoms with Gasteiger partial charge in [0.05, 0.1) is 0 Å². The molecule has 44 heavy (non-hydrogen) atoms. The first-order valence-electron chi connectivity index (χ1n) is 15.7. The molecule has 0 spiro atoms. The van der Waals surface area contributed by atoms with Gasteiger partial charge in [0.2, 0.25) is 0 Å². The Morgan fingerprint density at radius 2 is 0.614 bits per heavy atom. The van der Waals surface area contributed by atoms with Gasteiger partial charge < -0.3 is 0 Å². The zero-order valence-electron chi connectivity index (χ0n) is 30.5. The number of hydrogen-bond donors (Lipinski definition) is 0. The van der Waals surface area contributed by atoms with E-state index in [9.17, 15) is 0 Å². The summed E-state index contributed by atoms with van der Waals surface area (Å²) in [4.78, 5) is 0. The van der Waals surface area contributed by atoms with E-state index >= 15 is 0 Å². The van der Waals surface area contributed by atoms with Crippen LogP contribution in [-0.2, 0) is 46.9 Å². The fourth-order valence-corrected chi connectivity index (χ4v) is 13.3. The van der Waals surface area contributed by atoms with Crippen molar-refractivity contribution in [2.75, 3.05) is 0 Å². The molecule has 3 aromatic heterocycles. The summed E-state index contributed by atoms with van der Waals surface area (Å²) in [5.41, 5.74) is 5.27. The van der Waals surface area contributed by atoms with Crippen molar-refractivity contribution in [3.8, 4) is 0 Å². The third-order valence-electron chi connectivity index (χ3n) is 8.00. The van der Waals surface area contributed by atoms with Gasteiger partial charge in [-0.05, 0) is 0 Å². The molecule has 0 unspecified atom stereocenters. The number of aromatic nitrogens is 6. The summed E-state index contributed by atoms with van der Waals surface area (Å²) in [6.07, 6.45) is 0. The molecular formula is C34H57Br3N6Ti. The van der Waals surface area contributed by atoms with Crippen molar-refractivity contribution < 1.29 is 10.3 Å². The van der Waals surface area contributed by atoms with Crippen LogP contribution in [0.3, 0.4) is 0 Å². The summed E-state index contributed by atoms with van der Waals surface area (Å²) in [6, 6.07) is 6.89. The third-order valence-corrected chi connectivity index (χ3v) is 16.8. The van der Waals surface area contributed by atoms with Crippen molar-refractivity contribution in [3.63, 3.8) is 0 Å². The van der Waals surface area contributed by atoms with E-state index < -0.39 is 14.4 Å². The summed E-state index contributed by atoms with van der Waals surface area (Å²) in [5.74, 6) is 0. The van der Waals surface area contributed by atoms with Crippen LogP contribution in [0.15, 0.2) is 18.2 Å². The van der Waals surface area contributed by atoms with Gasteiger partial charge in [0.15, 0.2) is 0 Å². The molecule has 10 heteroatoms. The van der Waals surface area contributed by atoms with Gasteiger partial charge in [0, 0.05) is 0 Å². The van der Waals surface area contributed by atoms with Gasteiger partial charge in [0.25, 0.3) is 0 Å². The zero-order valence-corrected chi connectivity index (χ0v) is 36.9. The van der Waals surface area contributed by atoms with Gasteiger partial charge in [-0.25, -0.2) is 0 Å². The van der Waals surface area contributed by atoms with Crippen LogP contribution in [0.25, 0.3) is 0 Å². The molecule has 3 rings (SSSR count). The molecule has 0 atom stereocenters. The fourth-order valence-electron chi connectivity index (χ4n) is 5.19. The van der Waals surface area contributed by atoms with Crippen LogP contribution in [0.1, 0.15) is 159 Å². The molecule has 0 radical (unpaired) electrons. The first-order chi connectivity index (χ1) is 19.2. The summed E-state index contributed by atoms with van der Waals surface area (Å²) in [6.45, 7) is 40.5. The van der Waals surface area contributed by atoms with Gasteiger partial charge >= 0.3 is 293 Å². The molecule has 0 aliphatic carbocycles. The number of hydrogen-bond acceptors (Lipinski definition) is 3. The van der Waals surface area contributed by atoms with E-state index in [0.717, 1.165) is 34.2 Å². The monoisotopic (exact) mass is 834 g/mol. The van der Waals surface area contributed by atoms with Crippen LogP contribution in [0.5, 0.6) is 0 Å². The van der Waals surface area contributed by atoms with Gasteiger partial charge in [0.1, 0.15) is 0 Å². The van der Waals surface area contributed by atoms with Crippen LogP contribution in [-0.4, -0.2) is 29.3 Å². The number of rotatable bonds is 4. The first kappa shape index (κ1) is 38.2. The minimum atomic E-state index is -3.69. The zero-order chi connectivity index (χ0) is 34.4. The third kappa shape index (κ3) is 7.12. The number of halogens is 3. The average Bonchev–Trinajstić information content (AvgIpc) is 3.48. The molecule has 0 saturated carbocycles. The molecule has 6 nitrogen and oxygen atoms in total. The second-order valence-electron chi connectivity index (χ2n) is 18.6. The van der Waals surface area contributed by atoms with E-state index in [1.54, 1.807) is 0 Å². The molecule has 248 valence electrons. The van der Waals surface area contributed by atoms with Crippen molar-refractivity contribution in [1.82, 2.24) is 29.3 Å². The molecule has 0 amide bonds. The quantitative estimate of drug-likeness (QED) is 0.246. The summed E-state index contributed by atoms with van der Waals surface area (Å²) >= 11 is 13.0. The normalized spacial score (nSPS) is 14.9. The Morgan fingerprint density at radius 1 is 0.409 bits per heavy atom. The second-order valence-corrected chi connectivity index (χ2v) is 49.1. The van der Waals surface area contributed by atoms with Gasteiger partial charge in [-0.1, -0.05) is 0 Å². The van der Waals surface area contributed by atoms with Crippen molar-refractivity contribution in [3.05, 3.63) is 52.4 Å². The minimum absolute atomic E-state index is 0.168. The Balaban J connectivity index is 2.87. The van der Waals surface area contributed by atoms with Gasteiger partial charge in [-0.2, -0.15) is 0 Å². The van der Waals surface area contributed by atoms with E-state index in [0.29, 0.717) is 0 Å². The Kier molecular flexibility index (Phi) is 9.95. The first-order valence-corrected chi connectivity index (χ1v) is 28.0. The van der Waals surface area contributed by atoms with Crippen molar-refractivity contribution in [2.45, 2.75) is 161 Å². The van der Waals surface area contributed by atoms with E-state index in [1.165, 1.54) is 0 Å². The van der Waals surface area contributed by atoms with Crippen molar-refractivity contribution >= 4 is 39.5 Å². The molecule has 0 aliphatic rings. The molecule has 0 bridgehead atoms.